The van der Waals surface area contributed by atoms with Crippen LogP contribution in [0.15, 0.2) is 48.5 Å². The Kier molecular flexibility index (Phi) is 8.02. The van der Waals surface area contributed by atoms with Crippen LogP contribution >= 0.6 is 0 Å². The number of hydrogen-bond acceptors (Lipinski definition) is 4. The van der Waals surface area contributed by atoms with E-state index in [1.54, 1.807) is 43.5 Å². The van der Waals surface area contributed by atoms with Crippen molar-refractivity contribution in [1.82, 2.24) is 5.32 Å². The lowest BCUT2D eigenvalue weighted by Gasteiger charge is -2.22. The van der Waals surface area contributed by atoms with E-state index in [1.807, 2.05) is 32.9 Å². The van der Waals surface area contributed by atoms with Crippen LogP contribution in [-0.2, 0) is 9.53 Å². The molecule has 150 valence electrons. The number of nitrogens with one attached hydrogen (secondary N) is 2. The highest BCUT2D eigenvalue weighted by Gasteiger charge is 2.24. The van der Waals surface area contributed by atoms with Gasteiger partial charge in [-0.3, -0.25) is 9.59 Å². The van der Waals surface area contributed by atoms with Crippen molar-refractivity contribution in [3.05, 3.63) is 59.7 Å². The van der Waals surface area contributed by atoms with Crippen LogP contribution in [-0.4, -0.2) is 38.2 Å². The summed E-state index contributed by atoms with van der Waals surface area (Å²) in [6.07, 6.45) is 0. The van der Waals surface area contributed by atoms with Crippen LogP contribution in [0.1, 0.15) is 29.8 Å². The van der Waals surface area contributed by atoms with Gasteiger partial charge in [-0.2, -0.15) is 0 Å². The Morgan fingerprint density at radius 1 is 1.04 bits per heavy atom. The van der Waals surface area contributed by atoms with Crippen LogP contribution in [0.5, 0.6) is 5.75 Å². The molecule has 2 aromatic rings. The topological polar surface area (TPSA) is 76.7 Å². The zero-order valence-corrected chi connectivity index (χ0v) is 16.8. The van der Waals surface area contributed by atoms with E-state index in [1.165, 1.54) is 0 Å². The number of methoxy groups -OCH3 is 1. The highest BCUT2D eigenvalue weighted by atomic mass is 16.5. The zero-order valence-electron chi connectivity index (χ0n) is 16.8. The maximum absolute atomic E-state index is 12.7. The average molecular weight is 384 g/mol. The van der Waals surface area contributed by atoms with E-state index in [0.29, 0.717) is 30.2 Å². The lowest BCUT2D eigenvalue weighted by molar-refractivity contribution is -0.118. The lowest BCUT2D eigenvalue weighted by atomic mass is 10.0. The Balaban J connectivity index is 1.99. The predicted molar refractivity (Wildman–Crippen MR) is 110 cm³/mol. The van der Waals surface area contributed by atoms with Crippen molar-refractivity contribution < 1.29 is 19.1 Å². The van der Waals surface area contributed by atoms with E-state index in [-0.39, 0.29) is 17.7 Å². The third-order valence-corrected chi connectivity index (χ3v) is 4.19. The van der Waals surface area contributed by atoms with Gasteiger partial charge in [-0.25, -0.2) is 0 Å². The van der Waals surface area contributed by atoms with Crippen molar-refractivity contribution in [3.63, 3.8) is 0 Å². The number of rotatable bonds is 9. The monoisotopic (exact) mass is 384 g/mol. The van der Waals surface area contributed by atoms with Crippen molar-refractivity contribution in [2.45, 2.75) is 26.8 Å². The summed E-state index contributed by atoms with van der Waals surface area (Å²) < 4.78 is 10.5. The van der Waals surface area contributed by atoms with E-state index in [2.05, 4.69) is 10.6 Å². The van der Waals surface area contributed by atoms with Crippen LogP contribution in [0.25, 0.3) is 0 Å². The molecular weight excluding hydrogens is 356 g/mol. The molecule has 0 aliphatic rings. The first-order valence-electron chi connectivity index (χ1n) is 9.31. The van der Waals surface area contributed by atoms with Crippen molar-refractivity contribution in [2.75, 3.05) is 25.6 Å². The maximum atomic E-state index is 12.7. The molecule has 2 rings (SSSR count). The molecular formula is C22H28N2O4. The summed E-state index contributed by atoms with van der Waals surface area (Å²) in [7, 11) is 1.62. The van der Waals surface area contributed by atoms with Crippen LogP contribution in [0, 0.1) is 12.8 Å². The van der Waals surface area contributed by atoms with Gasteiger partial charge in [0.05, 0.1) is 6.61 Å². The summed E-state index contributed by atoms with van der Waals surface area (Å²) in [4.78, 5) is 25.2. The second-order valence-corrected chi connectivity index (χ2v) is 6.92. The number of anilines is 1. The Labute approximate surface area is 166 Å². The van der Waals surface area contributed by atoms with Crippen LogP contribution < -0.4 is 15.4 Å². The van der Waals surface area contributed by atoms with E-state index in [4.69, 9.17) is 9.47 Å². The van der Waals surface area contributed by atoms with Crippen molar-refractivity contribution in [3.8, 4) is 5.75 Å². The molecule has 0 saturated heterocycles. The molecule has 2 N–H and O–H groups in total. The molecule has 0 radical (unpaired) electrons. The Hall–Kier alpha value is -2.86. The molecule has 0 bridgehead atoms. The number of hydrogen-bond donors (Lipinski definition) is 2. The van der Waals surface area contributed by atoms with Gasteiger partial charge in [0, 0.05) is 18.4 Å². The number of carbonyl (C=O) groups is 2. The standard InChI is InChI=1S/C22H28N2O4/c1-15(2)20(24-21(25)17-7-5-6-16(3)14-17)22(26)23-18-8-10-19(11-9-18)28-13-12-27-4/h5-11,14-15,20H,12-13H2,1-4H3,(H,23,26)(H,24,25). The fourth-order valence-corrected chi connectivity index (χ4v) is 2.64. The van der Waals surface area contributed by atoms with E-state index >= 15 is 0 Å². The third kappa shape index (κ3) is 6.39. The molecule has 2 aromatic carbocycles. The van der Waals surface area contributed by atoms with Crippen LogP contribution in [0.2, 0.25) is 0 Å². The minimum absolute atomic E-state index is 0.0644. The lowest BCUT2D eigenvalue weighted by Crippen LogP contribution is -2.47. The first kappa shape index (κ1) is 21.4. The number of aryl methyl sites for hydroxylation is 1. The van der Waals surface area contributed by atoms with Gasteiger partial charge in [0.2, 0.25) is 5.91 Å². The van der Waals surface area contributed by atoms with Crippen molar-refractivity contribution in [1.29, 1.82) is 0 Å². The molecule has 2 amide bonds. The second-order valence-electron chi connectivity index (χ2n) is 6.92. The number of amides is 2. The number of benzene rings is 2. The smallest absolute Gasteiger partial charge is 0.251 e. The zero-order chi connectivity index (χ0) is 20.5. The molecule has 0 spiro atoms. The van der Waals surface area contributed by atoms with Crippen LogP contribution in [0.3, 0.4) is 0 Å². The van der Waals surface area contributed by atoms with Gasteiger partial charge in [0.1, 0.15) is 18.4 Å². The van der Waals surface area contributed by atoms with Crippen LogP contribution in [0.4, 0.5) is 5.69 Å². The van der Waals surface area contributed by atoms with Gasteiger partial charge >= 0.3 is 0 Å². The maximum Gasteiger partial charge on any atom is 0.251 e. The molecule has 0 heterocycles. The van der Waals surface area contributed by atoms with E-state index < -0.39 is 6.04 Å². The SMILES string of the molecule is COCCOc1ccc(NC(=O)C(NC(=O)c2cccc(C)c2)C(C)C)cc1. The third-order valence-electron chi connectivity index (χ3n) is 4.19. The van der Waals surface area contributed by atoms with Gasteiger partial charge < -0.3 is 20.1 Å². The first-order chi connectivity index (χ1) is 13.4. The minimum Gasteiger partial charge on any atom is -0.491 e. The number of ether oxygens (including phenoxy) is 2. The molecule has 6 heteroatoms. The number of carbonyl (C=O) groups excluding carboxylic acids is 2. The Morgan fingerprint density at radius 3 is 2.36 bits per heavy atom. The summed E-state index contributed by atoms with van der Waals surface area (Å²) in [5.41, 5.74) is 2.17. The molecule has 0 saturated carbocycles. The molecule has 1 unspecified atom stereocenters. The summed E-state index contributed by atoms with van der Waals surface area (Å²) in [6, 6.07) is 13.7. The summed E-state index contributed by atoms with van der Waals surface area (Å²) in [6.45, 7) is 6.69. The van der Waals surface area contributed by atoms with E-state index in [0.717, 1.165) is 5.56 Å². The van der Waals surface area contributed by atoms with Gasteiger partial charge in [0.25, 0.3) is 5.91 Å². The first-order valence-corrected chi connectivity index (χ1v) is 9.31. The Bertz CT molecular complexity index is 787. The van der Waals surface area contributed by atoms with Gasteiger partial charge in [-0.1, -0.05) is 31.5 Å². The molecule has 6 nitrogen and oxygen atoms in total. The molecule has 1 atom stereocenters. The van der Waals surface area contributed by atoms with Gasteiger partial charge in [-0.05, 0) is 49.2 Å². The normalized spacial score (nSPS) is 11.8. The summed E-state index contributed by atoms with van der Waals surface area (Å²) in [5.74, 6) is 0.108. The molecule has 28 heavy (non-hydrogen) atoms. The minimum atomic E-state index is -0.648. The fourth-order valence-electron chi connectivity index (χ4n) is 2.64. The Morgan fingerprint density at radius 2 is 1.75 bits per heavy atom. The molecule has 0 aliphatic heterocycles. The largest absolute Gasteiger partial charge is 0.491 e. The second kappa shape index (κ2) is 10.5. The average Bonchev–Trinajstić information content (AvgIpc) is 2.67. The quantitative estimate of drug-likeness (QED) is 0.650. The summed E-state index contributed by atoms with van der Waals surface area (Å²) in [5, 5.41) is 5.69. The van der Waals surface area contributed by atoms with E-state index in [9.17, 15) is 9.59 Å². The fraction of sp³-hybridized carbons (Fsp3) is 0.364. The molecule has 0 aromatic heterocycles. The molecule has 0 aliphatic carbocycles. The highest BCUT2D eigenvalue weighted by Crippen LogP contribution is 2.17. The van der Waals surface area contributed by atoms with Crippen molar-refractivity contribution >= 4 is 17.5 Å². The van der Waals surface area contributed by atoms with Gasteiger partial charge in [0.15, 0.2) is 0 Å². The predicted octanol–water partition coefficient (Wildman–Crippen LogP) is 3.41. The summed E-state index contributed by atoms with van der Waals surface area (Å²) >= 11 is 0. The van der Waals surface area contributed by atoms with Crippen molar-refractivity contribution in [2.24, 2.45) is 5.92 Å². The van der Waals surface area contributed by atoms with Gasteiger partial charge in [-0.15, -0.1) is 0 Å². The highest BCUT2D eigenvalue weighted by molar-refractivity contribution is 6.01. The molecule has 0 fully saturated rings.